The molecule has 8 N–H and O–H groups in total. The summed E-state index contributed by atoms with van der Waals surface area (Å²) in [5.74, 6) is -0.198. The predicted molar refractivity (Wildman–Crippen MR) is 157 cm³/mol. The summed E-state index contributed by atoms with van der Waals surface area (Å²) < 4.78 is 0. The number of unbranched alkanes of at least 4 members (excludes halogenated alkanes) is 4. The first-order valence-corrected chi connectivity index (χ1v) is 16.0. The summed E-state index contributed by atoms with van der Waals surface area (Å²) in [6.07, 6.45) is 13.7. The van der Waals surface area contributed by atoms with Crippen LogP contribution in [0, 0.1) is 5.92 Å². The third-order valence-corrected chi connectivity index (χ3v) is 10.5. The van der Waals surface area contributed by atoms with E-state index in [1.165, 1.54) is 37.0 Å². The van der Waals surface area contributed by atoms with E-state index in [2.05, 4.69) is 34.4 Å². The molecule has 0 aromatic carbocycles. The molecular formula is C30H57N6O4+. The number of aliphatic carboxylic acids is 1. The molecule has 0 saturated carbocycles. The van der Waals surface area contributed by atoms with Gasteiger partial charge in [-0.25, -0.2) is 4.99 Å². The first-order valence-electron chi connectivity index (χ1n) is 16.0. The SMILES string of the molecule is C[C@H]1[C@H](O)C[C@H]([NH+]2CC=NC2)[C@H]2C[C@H](CCCCCCC[C@](O)(CN[C@]3(C)CCN[C@H](N)C3)CC(=O)O)CCN21. The smallest absolute Gasteiger partial charge is 0.306 e. The highest BCUT2D eigenvalue weighted by molar-refractivity contribution is 5.68. The van der Waals surface area contributed by atoms with E-state index in [4.69, 9.17) is 5.73 Å². The van der Waals surface area contributed by atoms with Gasteiger partial charge in [-0.05, 0) is 65.0 Å². The number of nitrogens with two attached hydrogens (primary N) is 1. The molecular weight excluding hydrogens is 508 g/mol. The first kappa shape index (κ1) is 31.8. The number of β-amino-alcohol motifs (C(OH)–C–C–N with tert-alkyl or cyclic N) is 1. The number of carboxylic acid groups (broad SMARTS) is 1. The van der Waals surface area contributed by atoms with Gasteiger partial charge in [0, 0.05) is 24.5 Å². The Balaban J connectivity index is 1.15. The summed E-state index contributed by atoms with van der Waals surface area (Å²) in [7, 11) is 0. The van der Waals surface area contributed by atoms with Crippen molar-refractivity contribution in [2.75, 3.05) is 32.8 Å². The molecule has 0 amide bonds. The second-order valence-electron chi connectivity index (χ2n) is 13.8. The molecule has 10 nitrogen and oxygen atoms in total. The van der Waals surface area contributed by atoms with Gasteiger partial charge in [-0.15, -0.1) is 0 Å². The highest BCUT2D eigenvalue weighted by Gasteiger charge is 2.47. The van der Waals surface area contributed by atoms with Crippen LogP contribution >= 0.6 is 0 Å². The molecule has 1 unspecified atom stereocenters. The number of nitrogens with one attached hydrogen (secondary N) is 3. The van der Waals surface area contributed by atoms with Crippen LogP contribution in [0.2, 0.25) is 0 Å². The fourth-order valence-corrected chi connectivity index (χ4v) is 7.90. The molecule has 40 heavy (non-hydrogen) atoms. The van der Waals surface area contributed by atoms with Gasteiger partial charge in [0.25, 0.3) is 0 Å². The van der Waals surface area contributed by atoms with Crippen LogP contribution in [0.5, 0.6) is 0 Å². The van der Waals surface area contributed by atoms with Gasteiger partial charge in [0.2, 0.25) is 0 Å². The van der Waals surface area contributed by atoms with Crippen LogP contribution < -0.4 is 21.3 Å². The van der Waals surface area contributed by atoms with Crippen LogP contribution in [0.25, 0.3) is 0 Å². The summed E-state index contributed by atoms with van der Waals surface area (Å²) in [5.41, 5.74) is 4.64. The maximum atomic E-state index is 11.5. The molecule has 9 atom stereocenters. The van der Waals surface area contributed by atoms with Crippen molar-refractivity contribution in [2.45, 2.75) is 139 Å². The summed E-state index contributed by atoms with van der Waals surface area (Å²) in [4.78, 5) is 20.1. The van der Waals surface area contributed by atoms with Crippen molar-refractivity contribution < 1.29 is 25.0 Å². The number of aliphatic hydroxyl groups excluding tert-OH is 1. The van der Waals surface area contributed by atoms with Crippen molar-refractivity contribution in [1.29, 1.82) is 0 Å². The lowest BCUT2D eigenvalue weighted by Gasteiger charge is -2.52. The second-order valence-corrected chi connectivity index (χ2v) is 13.8. The van der Waals surface area contributed by atoms with Crippen LogP contribution in [0.1, 0.15) is 97.3 Å². The van der Waals surface area contributed by atoms with Gasteiger partial charge in [-0.2, -0.15) is 0 Å². The number of aliphatic hydroxyl groups is 2. The molecule has 230 valence electrons. The number of aliphatic imine (C=N–C) groups is 1. The van der Waals surface area contributed by atoms with E-state index < -0.39 is 11.6 Å². The van der Waals surface area contributed by atoms with E-state index in [1.807, 2.05) is 6.21 Å². The lowest BCUT2D eigenvalue weighted by Crippen LogP contribution is -3.16. The number of rotatable bonds is 14. The van der Waals surface area contributed by atoms with E-state index in [0.29, 0.717) is 18.5 Å². The molecule has 0 aromatic rings. The average molecular weight is 566 g/mol. The van der Waals surface area contributed by atoms with Gasteiger partial charge in [-0.1, -0.05) is 38.5 Å². The topological polar surface area (TPSA) is 148 Å². The number of carboxylic acids is 1. The highest BCUT2D eigenvalue weighted by Crippen LogP contribution is 2.35. The zero-order valence-electron chi connectivity index (χ0n) is 25.0. The van der Waals surface area contributed by atoms with Gasteiger partial charge in [0.15, 0.2) is 6.67 Å². The van der Waals surface area contributed by atoms with Gasteiger partial charge in [0.1, 0.15) is 12.6 Å². The minimum Gasteiger partial charge on any atom is -0.481 e. The zero-order valence-corrected chi connectivity index (χ0v) is 25.0. The number of hydrogen-bond acceptors (Lipinski definition) is 8. The molecule has 0 aromatic heterocycles. The normalized spacial score (nSPS) is 38.2. The van der Waals surface area contributed by atoms with Crippen molar-refractivity contribution in [2.24, 2.45) is 16.6 Å². The third kappa shape index (κ3) is 8.69. The largest absolute Gasteiger partial charge is 0.481 e. The minimum atomic E-state index is -1.23. The fraction of sp³-hybridized carbons (Fsp3) is 0.933. The van der Waals surface area contributed by atoms with E-state index >= 15 is 0 Å². The molecule has 4 aliphatic heterocycles. The Labute approximate surface area is 241 Å². The average Bonchev–Trinajstić information content (AvgIpc) is 3.43. The van der Waals surface area contributed by atoms with Crippen LogP contribution in [-0.4, -0.2) is 107 Å². The predicted octanol–water partition coefficient (Wildman–Crippen LogP) is 0.469. The molecule has 0 bridgehead atoms. The van der Waals surface area contributed by atoms with Crippen molar-refractivity contribution >= 4 is 12.2 Å². The summed E-state index contributed by atoms with van der Waals surface area (Å²) in [6, 6.07) is 1.28. The molecule has 3 fully saturated rings. The highest BCUT2D eigenvalue weighted by atomic mass is 16.4. The van der Waals surface area contributed by atoms with Crippen molar-refractivity contribution in [3.05, 3.63) is 0 Å². The van der Waals surface area contributed by atoms with Gasteiger partial charge in [-0.3, -0.25) is 9.69 Å². The molecule has 0 aliphatic carbocycles. The van der Waals surface area contributed by atoms with Crippen LogP contribution in [0.3, 0.4) is 0 Å². The quantitative estimate of drug-likeness (QED) is 0.150. The Morgan fingerprint density at radius 2 is 2.05 bits per heavy atom. The number of piperidine rings is 3. The van der Waals surface area contributed by atoms with Gasteiger partial charge < -0.3 is 36.6 Å². The Morgan fingerprint density at radius 3 is 2.77 bits per heavy atom. The van der Waals surface area contributed by atoms with E-state index in [1.54, 1.807) is 0 Å². The van der Waals surface area contributed by atoms with E-state index in [9.17, 15) is 20.1 Å². The van der Waals surface area contributed by atoms with Crippen molar-refractivity contribution in [3.63, 3.8) is 0 Å². The number of hydrogen-bond donors (Lipinski definition) is 7. The first-order chi connectivity index (χ1) is 19.1. The maximum Gasteiger partial charge on any atom is 0.306 e. The maximum absolute atomic E-state index is 11.5. The second kappa shape index (κ2) is 14.4. The Bertz CT molecular complexity index is 839. The Hall–Kier alpha value is -1.14. The molecule has 3 saturated heterocycles. The number of nitrogens with zero attached hydrogens (tertiary/aromatic N) is 2. The third-order valence-electron chi connectivity index (χ3n) is 10.5. The Morgan fingerprint density at radius 1 is 1.27 bits per heavy atom. The monoisotopic (exact) mass is 565 g/mol. The van der Waals surface area contributed by atoms with Gasteiger partial charge in [0.05, 0.1) is 36.5 Å². The molecule has 4 heterocycles. The minimum absolute atomic E-state index is 0.0762. The van der Waals surface area contributed by atoms with Crippen LogP contribution in [0.15, 0.2) is 4.99 Å². The molecule has 0 radical (unpaired) electrons. The summed E-state index contributed by atoms with van der Waals surface area (Å²) in [5, 5.41) is 38.0. The number of fused-ring (bicyclic) bond motifs is 1. The summed E-state index contributed by atoms with van der Waals surface area (Å²) in [6.45, 7) is 8.34. The standard InChI is InChI=1S/C30H56N6O4/c1-22-26(37)17-24(35-15-13-32-21-35)25-16-23(9-14-36(22)25)8-6-4-3-5-7-10-30(40,19-28(38)39)20-34-29(2)11-12-33-27(31)18-29/h13,22-27,33-34,37,40H,3-12,14-21,31H2,1-2H3,(H,38,39)/p+1/t22-,23+,24-,25+,26+,27-,29+,30+/m0/s1. The summed E-state index contributed by atoms with van der Waals surface area (Å²) >= 11 is 0. The molecule has 10 heteroatoms. The van der Waals surface area contributed by atoms with Crippen LogP contribution in [0.4, 0.5) is 0 Å². The van der Waals surface area contributed by atoms with Crippen LogP contribution in [-0.2, 0) is 4.79 Å². The van der Waals surface area contributed by atoms with E-state index in [-0.39, 0.29) is 36.8 Å². The Kier molecular flexibility index (Phi) is 11.4. The molecule has 4 rings (SSSR count). The lowest BCUT2D eigenvalue weighted by atomic mass is 9.77. The fourth-order valence-electron chi connectivity index (χ4n) is 7.90. The number of quaternary nitrogens is 1. The van der Waals surface area contributed by atoms with Gasteiger partial charge >= 0.3 is 5.97 Å². The van der Waals surface area contributed by atoms with Crippen molar-refractivity contribution in [3.8, 4) is 0 Å². The molecule has 0 spiro atoms. The number of carbonyl (C=O) groups is 1. The lowest BCUT2D eigenvalue weighted by molar-refractivity contribution is -0.915. The van der Waals surface area contributed by atoms with Crippen molar-refractivity contribution in [1.82, 2.24) is 15.5 Å². The zero-order chi connectivity index (χ0) is 28.8. The molecule has 4 aliphatic rings. The van der Waals surface area contributed by atoms with E-state index in [0.717, 1.165) is 70.7 Å².